The Morgan fingerprint density at radius 1 is 0.900 bits per heavy atom. The highest BCUT2D eigenvalue weighted by atomic mass is 16.1. The molecular weight excluding hydrogens is 246 g/mol. The molecule has 2 aromatic carbocycles. The Hall–Kier alpha value is -2.48. The van der Waals surface area contributed by atoms with Gasteiger partial charge in [-0.1, -0.05) is 54.6 Å². The zero-order chi connectivity index (χ0) is 13.5. The molecule has 1 unspecified atom stereocenters. The van der Waals surface area contributed by atoms with Gasteiger partial charge in [-0.2, -0.15) is 0 Å². The number of hydrogen-bond donors (Lipinski definition) is 0. The summed E-state index contributed by atoms with van der Waals surface area (Å²) in [7, 11) is 0. The summed E-state index contributed by atoms with van der Waals surface area (Å²) in [6.07, 6.45) is 2.73. The summed E-state index contributed by atoms with van der Waals surface area (Å²) in [6, 6.07) is 18.0. The van der Waals surface area contributed by atoms with Crippen molar-refractivity contribution >= 4 is 17.7 Å². The molecule has 0 saturated carbocycles. The Balaban J connectivity index is 1.89. The van der Waals surface area contributed by atoms with E-state index in [0.29, 0.717) is 0 Å². The predicted octanol–water partition coefficient (Wildman–Crippen LogP) is 3.85. The number of Topliss-reactive ketones (excluding diaryl/α,β-unsaturated/α-hetero) is 1. The monoisotopic (exact) mass is 259 g/mol. The molecule has 0 bridgehead atoms. The summed E-state index contributed by atoms with van der Waals surface area (Å²) in [6.45, 7) is 0. The maximum Gasteiger partial charge on any atom is 0.192 e. The second-order valence-corrected chi connectivity index (χ2v) is 5.15. The van der Waals surface area contributed by atoms with Crippen molar-refractivity contribution in [1.82, 2.24) is 0 Å². The molecule has 2 aromatic rings. The van der Waals surface area contributed by atoms with E-state index >= 15 is 0 Å². The van der Waals surface area contributed by atoms with E-state index in [2.05, 4.69) is 17.1 Å². The number of nitrogens with zero attached hydrogens (tertiary/aromatic N) is 1. The predicted molar refractivity (Wildman–Crippen MR) is 80.0 cm³/mol. The largest absolute Gasteiger partial charge is 0.289 e. The van der Waals surface area contributed by atoms with E-state index in [9.17, 15) is 4.79 Å². The molecule has 0 aromatic heterocycles. The van der Waals surface area contributed by atoms with Gasteiger partial charge in [0.15, 0.2) is 5.78 Å². The fourth-order valence-electron chi connectivity index (χ4n) is 3.10. The zero-order valence-electron chi connectivity index (χ0n) is 10.9. The Morgan fingerprint density at radius 2 is 1.60 bits per heavy atom. The van der Waals surface area contributed by atoms with E-state index in [4.69, 9.17) is 0 Å². The van der Waals surface area contributed by atoms with Gasteiger partial charge in [-0.25, -0.2) is 0 Å². The molecule has 0 radical (unpaired) electrons. The van der Waals surface area contributed by atoms with Crippen LogP contribution < -0.4 is 0 Å². The second kappa shape index (κ2) is 4.27. The minimum absolute atomic E-state index is 0.128. The highest BCUT2D eigenvalue weighted by Gasteiger charge is 2.36. The molecule has 96 valence electrons. The Labute approximate surface area is 117 Å². The molecule has 0 amide bonds. The van der Waals surface area contributed by atoms with Gasteiger partial charge in [0.1, 0.15) is 0 Å². The van der Waals surface area contributed by atoms with E-state index in [1.807, 2.05) is 48.7 Å². The number of carbonyl (C=O) groups excluding carboxylic acids is 1. The Bertz CT molecular complexity index is 756. The number of carbonyl (C=O) groups is 1. The minimum Gasteiger partial charge on any atom is -0.289 e. The van der Waals surface area contributed by atoms with Crippen LogP contribution in [-0.4, -0.2) is 12.0 Å². The number of hydrogen-bond acceptors (Lipinski definition) is 2. The van der Waals surface area contributed by atoms with E-state index in [1.165, 1.54) is 5.56 Å². The number of aliphatic imine (C=N–C) groups is 1. The topological polar surface area (TPSA) is 29.4 Å². The first-order valence-electron chi connectivity index (χ1n) is 6.82. The highest BCUT2D eigenvalue weighted by Crippen LogP contribution is 2.43. The van der Waals surface area contributed by atoms with Gasteiger partial charge >= 0.3 is 0 Å². The fourth-order valence-corrected chi connectivity index (χ4v) is 3.10. The van der Waals surface area contributed by atoms with Crippen LogP contribution >= 0.6 is 0 Å². The molecule has 1 atom stereocenters. The van der Waals surface area contributed by atoms with Gasteiger partial charge in [-0.15, -0.1) is 0 Å². The first-order chi connectivity index (χ1) is 9.86. The van der Waals surface area contributed by atoms with Gasteiger partial charge in [0, 0.05) is 28.8 Å². The van der Waals surface area contributed by atoms with Crippen molar-refractivity contribution < 1.29 is 4.79 Å². The van der Waals surface area contributed by atoms with Crippen molar-refractivity contribution in [2.24, 2.45) is 4.99 Å². The van der Waals surface area contributed by atoms with E-state index in [1.54, 1.807) is 0 Å². The van der Waals surface area contributed by atoms with Crippen LogP contribution in [-0.2, 0) is 0 Å². The smallest absolute Gasteiger partial charge is 0.192 e. The van der Waals surface area contributed by atoms with Crippen LogP contribution in [0.15, 0.2) is 65.2 Å². The van der Waals surface area contributed by atoms with E-state index in [-0.39, 0.29) is 11.7 Å². The highest BCUT2D eigenvalue weighted by molar-refractivity contribution is 6.22. The molecule has 1 aliphatic carbocycles. The van der Waals surface area contributed by atoms with Crippen molar-refractivity contribution in [3.05, 3.63) is 76.9 Å². The lowest BCUT2D eigenvalue weighted by atomic mass is 9.85. The quantitative estimate of drug-likeness (QED) is 0.764. The number of benzene rings is 2. The third-order valence-corrected chi connectivity index (χ3v) is 4.04. The summed E-state index contributed by atoms with van der Waals surface area (Å²) in [4.78, 5) is 17.2. The second-order valence-electron chi connectivity index (χ2n) is 5.15. The van der Waals surface area contributed by atoms with Gasteiger partial charge in [0.05, 0.1) is 5.70 Å². The SMILES string of the molecule is O=C1C2=C(N=CCC2c2ccccc2)c2ccccc21. The third kappa shape index (κ3) is 1.51. The minimum atomic E-state index is 0.128. The molecule has 2 aliphatic rings. The molecule has 1 heterocycles. The van der Waals surface area contributed by atoms with E-state index < -0.39 is 0 Å². The van der Waals surface area contributed by atoms with Crippen LogP contribution in [0.1, 0.15) is 33.8 Å². The Kier molecular flexibility index (Phi) is 2.43. The number of ketones is 1. The fraction of sp³-hybridized carbons (Fsp3) is 0.111. The molecule has 2 nitrogen and oxygen atoms in total. The van der Waals surface area contributed by atoms with Crippen molar-refractivity contribution in [1.29, 1.82) is 0 Å². The molecule has 2 heteroatoms. The van der Waals surface area contributed by atoms with Crippen LogP contribution in [0.25, 0.3) is 5.70 Å². The van der Waals surface area contributed by atoms with Gasteiger partial charge in [-0.3, -0.25) is 9.79 Å². The summed E-state index contributed by atoms with van der Waals surface area (Å²) in [5.41, 5.74) is 4.68. The summed E-state index contributed by atoms with van der Waals surface area (Å²) in [5.74, 6) is 0.268. The molecule has 0 N–H and O–H groups in total. The lowest BCUT2D eigenvalue weighted by Gasteiger charge is -2.20. The average Bonchev–Trinajstić information content (AvgIpc) is 2.82. The lowest BCUT2D eigenvalue weighted by molar-refractivity contribution is 0.103. The molecule has 4 rings (SSSR count). The van der Waals surface area contributed by atoms with Crippen LogP contribution in [0, 0.1) is 0 Å². The first-order valence-corrected chi connectivity index (χ1v) is 6.82. The van der Waals surface area contributed by atoms with Gasteiger partial charge < -0.3 is 0 Å². The molecular formula is C18H13NO. The number of allylic oxidation sites excluding steroid dienone is 1. The molecule has 0 saturated heterocycles. The maximum atomic E-state index is 12.7. The van der Waals surface area contributed by atoms with Crippen molar-refractivity contribution in [2.45, 2.75) is 12.3 Å². The Morgan fingerprint density at radius 3 is 2.40 bits per heavy atom. The third-order valence-electron chi connectivity index (χ3n) is 4.04. The van der Waals surface area contributed by atoms with E-state index in [0.717, 1.165) is 28.8 Å². The summed E-state index contributed by atoms with van der Waals surface area (Å²) >= 11 is 0. The van der Waals surface area contributed by atoms with Crippen molar-refractivity contribution in [2.75, 3.05) is 0 Å². The lowest BCUT2D eigenvalue weighted by Crippen LogP contribution is -2.12. The van der Waals surface area contributed by atoms with Crippen LogP contribution in [0.3, 0.4) is 0 Å². The van der Waals surface area contributed by atoms with Gasteiger partial charge in [-0.05, 0) is 12.0 Å². The van der Waals surface area contributed by atoms with Crippen LogP contribution in [0.2, 0.25) is 0 Å². The van der Waals surface area contributed by atoms with Crippen LogP contribution in [0.5, 0.6) is 0 Å². The number of rotatable bonds is 1. The molecule has 0 spiro atoms. The van der Waals surface area contributed by atoms with Gasteiger partial charge in [0.2, 0.25) is 0 Å². The maximum absolute atomic E-state index is 12.7. The molecule has 1 aliphatic heterocycles. The summed E-state index contributed by atoms with van der Waals surface area (Å²) in [5, 5.41) is 0. The van der Waals surface area contributed by atoms with Gasteiger partial charge in [0.25, 0.3) is 0 Å². The summed E-state index contributed by atoms with van der Waals surface area (Å²) < 4.78 is 0. The van der Waals surface area contributed by atoms with Crippen LogP contribution in [0.4, 0.5) is 0 Å². The number of fused-ring (bicyclic) bond motifs is 2. The standard InChI is InChI=1S/C18H13NO/c20-18-15-9-5-4-8-14(15)17-16(18)13(10-11-19-17)12-6-2-1-3-7-12/h1-9,11,13H,10H2. The average molecular weight is 259 g/mol. The van der Waals surface area contributed by atoms with Crippen molar-refractivity contribution in [3.8, 4) is 0 Å². The molecule has 20 heavy (non-hydrogen) atoms. The first kappa shape index (κ1) is 11.4. The molecule has 0 fully saturated rings. The van der Waals surface area contributed by atoms with Crippen molar-refractivity contribution in [3.63, 3.8) is 0 Å². The normalized spacial score (nSPS) is 20.0. The zero-order valence-corrected chi connectivity index (χ0v) is 10.9.